The first kappa shape index (κ1) is 24.5. The van der Waals surface area contributed by atoms with Gasteiger partial charge >= 0.3 is 18.0 Å². The summed E-state index contributed by atoms with van der Waals surface area (Å²) in [5.41, 5.74) is 0.640. The first-order valence-electron chi connectivity index (χ1n) is 9.89. The minimum absolute atomic E-state index is 0.0388. The molecular weight excluding hydrogens is 424 g/mol. The molecule has 0 saturated heterocycles. The third-order valence-corrected chi connectivity index (χ3v) is 4.13. The highest BCUT2D eigenvalue weighted by Gasteiger charge is 2.22. The molecule has 1 heterocycles. The van der Waals surface area contributed by atoms with E-state index in [0.717, 1.165) is 17.1 Å². The topological polar surface area (TPSA) is 149 Å². The predicted molar refractivity (Wildman–Crippen MR) is 108 cm³/mol. The Morgan fingerprint density at radius 2 is 1.59 bits per heavy atom. The molecule has 1 aliphatic heterocycles. The van der Waals surface area contributed by atoms with Gasteiger partial charge in [-0.25, -0.2) is 4.79 Å². The van der Waals surface area contributed by atoms with Crippen molar-refractivity contribution in [3.05, 3.63) is 42.0 Å². The fraction of sp³-hybridized carbons (Fsp3) is 0.381. The van der Waals surface area contributed by atoms with E-state index in [0.29, 0.717) is 12.0 Å². The molecule has 0 radical (unpaired) electrons. The number of hydrogen-bond acceptors (Lipinski definition) is 9. The zero-order chi connectivity index (χ0) is 23.3. The van der Waals surface area contributed by atoms with Crippen LogP contribution in [-0.2, 0) is 35.3 Å². The maximum absolute atomic E-state index is 11.8. The van der Waals surface area contributed by atoms with Gasteiger partial charge in [0.05, 0.1) is 19.4 Å². The minimum Gasteiger partial charge on any atom is -0.466 e. The summed E-state index contributed by atoms with van der Waals surface area (Å²) in [6.45, 7) is 0.0776. The molecule has 11 nitrogen and oxygen atoms in total. The quantitative estimate of drug-likeness (QED) is 0.201. The number of benzene rings is 1. The summed E-state index contributed by atoms with van der Waals surface area (Å²) >= 11 is 0. The molecule has 2 rings (SSSR count). The van der Waals surface area contributed by atoms with Crippen molar-refractivity contribution in [1.29, 1.82) is 0 Å². The van der Waals surface area contributed by atoms with Crippen LogP contribution in [0, 0.1) is 0 Å². The molecule has 0 bridgehead atoms. The molecule has 0 saturated carbocycles. The lowest BCUT2D eigenvalue weighted by Crippen LogP contribution is -2.38. The Hall–Kier alpha value is -3.73. The van der Waals surface area contributed by atoms with Gasteiger partial charge in [0.2, 0.25) is 0 Å². The van der Waals surface area contributed by atoms with Crippen molar-refractivity contribution in [2.75, 3.05) is 26.3 Å². The average Bonchev–Trinajstić information content (AvgIpc) is 3.09. The van der Waals surface area contributed by atoms with Gasteiger partial charge in [-0.1, -0.05) is 12.1 Å². The largest absolute Gasteiger partial charge is 0.466 e. The van der Waals surface area contributed by atoms with Crippen molar-refractivity contribution in [2.24, 2.45) is 0 Å². The van der Waals surface area contributed by atoms with Crippen LogP contribution in [0.2, 0.25) is 0 Å². The minimum atomic E-state index is -0.710. The Morgan fingerprint density at radius 1 is 0.938 bits per heavy atom. The molecule has 0 atom stereocenters. The first-order chi connectivity index (χ1) is 15.4. The van der Waals surface area contributed by atoms with Gasteiger partial charge in [0.15, 0.2) is 0 Å². The summed E-state index contributed by atoms with van der Waals surface area (Å²) in [5.74, 6) is -1.73. The number of imide groups is 1. The Morgan fingerprint density at radius 3 is 2.25 bits per heavy atom. The lowest BCUT2D eigenvalue weighted by atomic mass is 10.2. The molecule has 1 aromatic rings. The van der Waals surface area contributed by atoms with E-state index in [1.165, 1.54) is 12.1 Å². The van der Waals surface area contributed by atoms with E-state index >= 15 is 0 Å². The van der Waals surface area contributed by atoms with Gasteiger partial charge in [0.25, 0.3) is 11.8 Å². The van der Waals surface area contributed by atoms with Gasteiger partial charge in [-0.3, -0.25) is 24.1 Å². The number of ether oxygens (including phenoxy) is 3. The van der Waals surface area contributed by atoms with E-state index < -0.39 is 29.8 Å². The molecule has 3 amide bonds. The second-order valence-electron chi connectivity index (χ2n) is 6.58. The van der Waals surface area contributed by atoms with Crippen LogP contribution in [0.3, 0.4) is 0 Å². The van der Waals surface area contributed by atoms with Crippen molar-refractivity contribution in [3.63, 3.8) is 0 Å². The third kappa shape index (κ3) is 8.56. The summed E-state index contributed by atoms with van der Waals surface area (Å²) in [6.07, 6.45) is 1.69. The Balaban J connectivity index is 1.63. The van der Waals surface area contributed by atoms with Crippen LogP contribution in [0.25, 0.3) is 0 Å². The Kier molecular flexibility index (Phi) is 9.85. The molecule has 0 spiro atoms. The number of amides is 3. The number of carbonyl (C=O) groups is 5. The summed E-state index contributed by atoms with van der Waals surface area (Å²) in [6, 6.07) is 6.25. The van der Waals surface area contributed by atoms with Crippen LogP contribution in [-0.4, -0.2) is 66.2 Å². The van der Waals surface area contributed by atoms with Crippen molar-refractivity contribution in [2.45, 2.75) is 25.9 Å². The number of nitrogens with one attached hydrogen (secondary N) is 1. The fourth-order valence-corrected chi connectivity index (χ4v) is 2.48. The van der Waals surface area contributed by atoms with Gasteiger partial charge in [-0.15, -0.1) is 0 Å². The lowest BCUT2D eigenvalue weighted by molar-refractivity contribution is -0.147. The number of hydrogen-bond donors (Lipinski definition) is 2. The van der Waals surface area contributed by atoms with Gasteiger partial charge in [-0.2, -0.15) is 0 Å². The molecule has 0 fully saturated rings. The van der Waals surface area contributed by atoms with Gasteiger partial charge in [0.1, 0.15) is 12.4 Å². The molecular formula is C21H24N2O9. The van der Waals surface area contributed by atoms with Crippen molar-refractivity contribution in [3.8, 4) is 5.75 Å². The number of carbonyl (C=O) groups excluding carboxylic acids is 5. The molecule has 1 aromatic carbocycles. The predicted octanol–water partition coefficient (Wildman–Crippen LogP) is 0.449. The van der Waals surface area contributed by atoms with Crippen molar-refractivity contribution in [1.82, 2.24) is 10.2 Å². The Bertz CT molecular complexity index is 847. The van der Waals surface area contributed by atoms with Crippen LogP contribution in [0.15, 0.2) is 36.4 Å². The van der Waals surface area contributed by atoms with E-state index in [2.05, 4.69) is 5.32 Å². The molecule has 0 aliphatic carbocycles. The highest BCUT2D eigenvalue weighted by Crippen LogP contribution is 2.14. The first-order valence-corrected chi connectivity index (χ1v) is 9.89. The summed E-state index contributed by atoms with van der Waals surface area (Å²) in [7, 11) is 0. The average molecular weight is 448 g/mol. The monoisotopic (exact) mass is 448 g/mol. The maximum Gasteiger partial charge on any atom is 0.407 e. The van der Waals surface area contributed by atoms with Crippen LogP contribution in [0.1, 0.15) is 24.8 Å². The lowest BCUT2D eigenvalue weighted by Gasteiger charge is -2.14. The van der Waals surface area contributed by atoms with E-state index in [4.69, 9.17) is 19.3 Å². The van der Waals surface area contributed by atoms with Gasteiger partial charge < -0.3 is 24.6 Å². The maximum atomic E-state index is 11.8. The number of nitrogens with zero attached hydrogens (tertiary/aromatic N) is 1. The second-order valence-corrected chi connectivity index (χ2v) is 6.58. The molecule has 172 valence electrons. The summed E-state index contributed by atoms with van der Waals surface area (Å²) in [4.78, 5) is 58.7. The van der Waals surface area contributed by atoms with Crippen LogP contribution in [0.5, 0.6) is 5.75 Å². The van der Waals surface area contributed by atoms with Gasteiger partial charge in [-0.05, 0) is 17.7 Å². The number of alkyl carbamates (subject to hydrolysis) is 1. The van der Waals surface area contributed by atoms with E-state index in [1.807, 2.05) is 0 Å². The SMILES string of the molecule is O=C(CCC(=O)Oc1ccc(COC(=O)NCCN2C(=O)C=CC2=O)cc1)OCCCO. The van der Waals surface area contributed by atoms with Crippen LogP contribution >= 0.6 is 0 Å². The number of rotatable bonds is 12. The number of aliphatic hydroxyl groups is 1. The molecule has 11 heteroatoms. The summed E-state index contributed by atoms with van der Waals surface area (Å²) < 4.78 is 15.0. The van der Waals surface area contributed by atoms with Crippen molar-refractivity contribution >= 4 is 29.8 Å². The van der Waals surface area contributed by atoms with E-state index in [-0.39, 0.29) is 51.5 Å². The summed E-state index contributed by atoms with van der Waals surface area (Å²) in [5, 5.41) is 11.1. The smallest absolute Gasteiger partial charge is 0.407 e. The molecule has 2 N–H and O–H groups in total. The van der Waals surface area contributed by atoms with Gasteiger partial charge in [0, 0.05) is 38.3 Å². The van der Waals surface area contributed by atoms with Crippen molar-refractivity contribution < 1.29 is 43.3 Å². The highest BCUT2D eigenvalue weighted by atomic mass is 16.6. The highest BCUT2D eigenvalue weighted by molar-refractivity contribution is 6.12. The molecule has 32 heavy (non-hydrogen) atoms. The molecule has 0 unspecified atom stereocenters. The second kappa shape index (κ2) is 12.8. The Labute approximate surface area is 183 Å². The number of aliphatic hydroxyl groups excluding tert-OH is 1. The molecule has 0 aromatic heterocycles. The van der Waals surface area contributed by atoms with E-state index in [1.54, 1.807) is 12.1 Å². The zero-order valence-electron chi connectivity index (χ0n) is 17.3. The van der Waals surface area contributed by atoms with Crippen LogP contribution in [0.4, 0.5) is 4.79 Å². The number of esters is 2. The third-order valence-electron chi connectivity index (χ3n) is 4.13. The standard InChI is InChI=1S/C21H24N2O9/c24-12-1-13-30-19(27)8-9-20(28)32-16-4-2-15(3-5-16)14-31-21(29)22-10-11-23-17(25)6-7-18(23)26/h2-7,24H,1,8-14H2,(H,22,29). The van der Waals surface area contributed by atoms with Crippen LogP contribution < -0.4 is 10.1 Å². The zero-order valence-corrected chi connectivity index (χ0v) is 17.3. The normalized spacial score (nSPS) is 12.6. The molecule has 1 aliphatic rings. The fourth-order valence-electron chi connectivity index (χ4n) is 2.48. The van der Waals surface area contributed by atoms with E-state index in [9.17, 15) is 24.0 Å².